The highest BCUT2D eigenvalue weighted by atomic mass is 32.1. The van der Waals surface area contributed by atoms with Crippen LogP contribution in [0.5, 0.6) is 0 Å². The van der Waals surface area contributed by atoms with Gasteiger partial charge in [0.05, 0.1) is 10.6 Å². The summed E-state index contributed by atoms with van der Waals surface area (Å²) in [5, 5.41) is 15.1. The average molecular weight is 426 g/mol. The summed E-state index contributed by atoms with van der Waals surface area (Å²) >= 11 is 5.13. The highest BCUT2D eigenvalue weighted by Crippen LogP contribution is 2.34. The molecule has 0 spiro atoms. The maximum atomic E-state index is 12.3. The quantitative estimate of drug-likeness (QED) is 0.350. The third-order valence-electron chi connectivity index (χ3n) is 5.71. The molecule has 1 N–H and O–H groups in total. The number of nitrogens with one attached hydrogen (secondary N) is 1. The van der Waals surface area contributed by atoms with E-state index in [1.807, 2.05) is 36.6 Å². The van der Waals surface area contributed by atoms with Gasteiger partial charge in [-0.3, -0.25) is 19.8 Å². The zero-order chi connectivity index (χ0) is 21.6. The van der Waals surface area contributed by atoms with Crippen molar-refractivity contribution < 1.29 is 9.72 Å². The van der Waals surface area contributed by atoms with Crippen molar-refractivity contribution in [3.8, 4) is 5.69 Å². The number of aryl methyl sites for hydroxylation is 1. The molecule has 4 rings (SSSR count). The number of amides is 1. The van der Waals surface area contributed by atoms with Gasteiger partial charge in [-0.05, 0) is 68.7 Å². The first kappa shape index (κ1) is 20.1. The summed E-state index contributed by atoms with van der Waals surface area (Å²) in [6, 6.07) is 7.34. The number of hydrogen-bond acceptors (Lipinski definition) is 5. The number of benzene rings is 1. The SMILES string of the molecule is Cc1cc(/C=C2\NC(=S)N(C)C2=O)c(C)n1-c1ccc(N2CCCC2)c([N+](=O)[O-])c1. The van der Waals surface area contributed by atoms with Crippen LogP contribution in [0, 0.1) is 24.0 Å². The first-order valence-electron chi connectivity index (χ1n) is 9.81. The Morgan fingerprint density at radius 2 is 1.90 bits per heavy atom. The van der Waals surface area contributed by atoms with E-state index in [2.05, 4.69) is 10.2 Å². The molecular formula is C21H23N5O3S. The molecule has 1 amide bonds. The van der Waals surface area contributed by atoms with E-state index in [0.717, 1.165) is 48.6 Å². The summed E-state index contributed by atoms with van der Waals surface area (Å²) in [4.78, 5) is 27.2. The standard InChI is InChI=1S/C21H23N5O3S/c1-13-10-15(11-17-20(27)23(3)21(30)22-17)14(2)25(13)16-6-7-18(19(12-16)26(28)29)24-8-4-5-9-24/h6-7,10-12H,4-5,8-9H2,1-3H3,(H,22,30)/b17-11-. The summed E-state index contributed by atoms with van der Waals surface area (Å²) in [6.07, 6.45) is 3.88. The molecule has 0 unspecified atom stereocenters. The molecule has 0 aliphatic carbocycles. The molecule has 2 aliphatic heterocycles. The predicted octanol–water partition coefficient (Wildman–Crippen LogP) is 3.29. The van der Waals surface area contributed by atoms with Gasteiger partial charge in [0.1, 0.15) is 11.4 Å². The number of nitro benzene ring substituents is 1. The Balaban J connectivity index is 1.75. The van der Waals surface area contributed by atoms with Gasteiger partial charge in [-0.25, -0.2) is 0 Å². The van der Waals surface area contributed by atoms with Gasteiger partial charge in [-0.1, -0.05) is 0 Å². The van der Waals surface area contributed by atoms with Crippen LogP contribution in [0.4, 0.5) is 11.4 Å². The van der Waals surface area contributed by atoms with Crippen molar-refractivity contribution >= 4 is 40.7 Å². The summed E-state index contributed by atoms with van der Waals surface area (Å²) < 4.78 is 1.97. The molecular weight excluding hydrogens is 402 g/mol. The molecule has 2 saturated heterocycles. The van der Waals surface area contributed by atoms with Crippen molar-refractivity contribution in [1.82, 2.24) is 14.8 Å². The zero-order valence-corrected chi connectivity index (χ0v) is 18.0. The van der Waals surface area contributed by atoms with E-state index in [4.69, 9.17) is 12.2 Å². The smallest absolute Gasteiger partial charge is 0.294 e. The van der Waals surface area contributed by atoms with Crippen LogP contribution >= 0.6 is 12.2 Å². The van der Waals surface area contributed by atoms with Crippen LogP contribution in [0.2, 0.25) is 0 Å². The van der Waals surface area contributed by atoms with E-state index in [-0.39, 0.29) is 16.5 Å². The number of likely N-dealkylation sites (N-methyl/N-ethyl adjacent to an activating group) is 1. The molecule has 1 aromatic carbocycles. The molecule has 30 heavy (non-hydrogen) atoms. The summed E-state index contributed by atoms with van der Waals surface area (Å²) in [6.45, 7) is 5.56. The molecule has 156 valence electrons. The molecule has 1 aromatic heterocycles. The Hall–Kier alpha value is -3.20. The summed E-state index contributed by atoms with van der Waals surface area (Å²) in [5.74, 6) is -0.185. The minimum absolute atomic E-state index is 0.112. The van der Waals surface area contributed by atoms with Crippen molar-refractivity contribution in [2.75, 3.05) is 25.0 Å². The van der Waals surface area contributed by atoms with Gasteiger partial charge < -0.3 is 14.8 Å². The first-order chi connectivity index (χ1) is 14.3. The Bertz CT molecular complexity index is 1100. The van der Waals surface area contributed by atoms with Crippen molar-refractivity contribution in [3.05, 3.63) is 57.0 Å². The second kappa shape index (κ2) is 7.56. The number of nitrogens with zero attached hydrogens (tertiary/aromatic N) is 4. The van der Waals surface area contributed by atoms with Gasteiger partial charge >= 0.3 is 0 Å². The van der Waals surface area contributed by atoms with Crippen molar-refractivity contribution in [2.45, 2.75) is 26.7 Å². The topological polar surface area (TPSA) is 83.7 Å². The van der Waals surface area contributed by atoms with Gasteiger partial charge in [0.25, 0.3) is 11.6 Å². The fraction of sp³-hybridized carbons (Fsp3) is 0.333. The number of rotatable bonds is 4. The predicted molar refractivity (Wildman–Crippen MR) is 120 cm³/mol. The molecule has 2 fully saturated rings. The van der Waals surface area contributed by atoms with E-state index < -0.39 is 0 Å². The molecule has 8 nitrogen and oxygen atoms in total. The summed E-state index contributed by atoms with van der Waals surface area (Å²) in [7, 11) is 1.63. The van der Waals surface area contributed by atoms with Gasteiger partial charge in [0, 0.05) is 37.6 Å². The molecule has 0 atom stereocenters. The van der Waals surface area contributed by atoms with Gasteiger partial charge in [-0.15, -0.1) is 0 Å². The number of carbonyl (C=O) groups is 1. The van der Waals surface area contributed by atoms with Crippen molar-refractivity contribution in [2.24, 2.45) is 0 Å². The summed E-state index contributed by atoms with van der Waals surface area (Å²) in [5.41, 5.74) is 4.58. The highest BCUT2D eigenvalue weighted by molar-refractivity contribution is 7.80. The highest BCUT2D eigenvalue weighted by Gasteiger charge is 2.28. The van der Waals surface area contributed by atoms with E-state index in [1.165, 1.54) is 4.90 Å². The van der Waals surface area contributed by atoms with Crippen LogP contribution in [-0.2, 0) is 4.79 Å². The van der Waals surface area contributed by atoms with Crippen LogP contribution in [0.15, 0.2) is 30.0 Å². The maximum absolute atomic E-state index is 12.3. The lowest BCUT2D eigenvalue weighted by Crippen LogP contribution is -2.25. The molecule has 2 aliphatic rings. The van der Waals surface area contributed by atoms with E-state index in [0.29, 0.717) is 16.5 Å². The van der Waals surface area contributed by atoms with Crippen LogP contribution in [0.1, 0.15) is 29.8 Å². The largest absolute Gasteiger partial charge is 0.366 e. The second-order valence-corrected chi connectivity index (χ2v) is 8.03. The molecule has 0 saturated carbocycles. The third-order valence-corrected chi connectivity index (χ3v) is 6.09. The fourth-order valence-electron chi connectivity index (χ4n) is 4.13. The first-order valence-corrected chi connectivity index (χ1v) is 10.2. The van der Waals surface area contributed by atoms with Gasteiger partial charge in [0.2, 0.25) is 0 Å². The van der Waals surface area contributed by atoms with Crippen molar-refractivity contribution in [1.29, 1.82) is 0 Å². The molecule has 2 aromatic rings. The number of hydrogen-bond donors (Lipinski definition) is 1. The van der Waals surface area contributed by atoms with Crippen LogP contribution in [-0.4, -0.2) is 45.5 Å². The van der Waals surface area contributed by atoms with Crippen LogP contribution in [0.3, 0.4) is 0 Å². The molecule has 0 radical (unpaired) electrons. The number of nitro groups is 1. The fourth-order valence-corrected chi connectivity index (χ4v) is 4.33. The number of carbonyl (C=O) groups excluding carboxylic acids is 1. The minimum Gasteiger partial charge on any atom is -0.366 e. The lowest BCUT2D eigenvalue weighted by molar-refractivity contribution is -0.384. The number of aromatic nitrogens is 1. The molecule has 9 heteroatoms. The van der Waals surface area contributed by atoms with Crippen LogP contribution < -0.4 is 10.2 Å². The molecule has 0 bridgehead atoms. The number of anilines is 1. The van der Waals surface area contributed by atoms with Gasteiger partial charge in [0.15, 0.2) is 5.11 Å². The minimum atomic E-state index is -0.313. The van der Waals surface area contributed by atoms with E-state index in [1.54, 1.807) is 19.2 Å². The lowest BCUT2D eigenvalue weighted by Gasteiger charge is -2.19. The van der Waals surface area contributed by atoms with Crippen molar-refractivity contribution in [3.63, 3.8) is 0 Å². The second-order valence-electron chi connectivity index (χ2n) is 7.64. The van der Waals surface area contributed by atoms with E-state index in [9.17, 15) is 14.9 Å². The monoisotopic (exact) mass is 425 g/mol. The Morgan fingerprint density at radius 1 is 1.20 bits per heavy atom. The van der Waals surface area contributed by atoms with E-state index >= 15 is 0 Å². The van der Waals surface area contributed by atoms with Crippen LogP contribution in [0.25, 0.3) is 11.8 Å². The van der Waals surface area contributed by atoms with Gasteiger partial charge in [-0.2, -0.15) is 0 Å². The Kier molecular flexibility index (Phi) is 5.07. The third kappa shape index (κ3) is 3.35. The normalized spacial score (nSPS) is 17.9. The Morgan fingerprint density at radius 3 is 2.50 bits per heavy atom. The lowest BCUT2D eigenvalue weighted by atomic mass is 10.2. The average Bonchev–Trinajstić information content (AvgIpc) is 3.39. The maximum Gasteiger partial charge on any atom is 0.294 e. The Labute approximate surface area is 179 Å². The number of thiocarbonyl (C=S) groups is 1. The zero-order valence-electron chi connectivity index (χ0n) is 17.1. The molecule has 3 heterocycles.